The number of likely N-dealkylation sites (N-methyl/N-ethyl adjacent to an activating group) is 1. The molecule has 2 atom stereocenters. The molecule has 1 amide bonds. The van der Waals surface area contributed by atoms with E-state index in [-0.39, 0.29) is 36.6 Å². The van der Waals surface area contributed by atoms with Gasteiger partial charge in [-0.1, -0.05) is 27.7 Å². The lowest BCUT2D eigenvalue weighted by molar-refractivity contribution is -0.124. The summed E-state index contributed by atoms with van der Waals surface area (Å²) in [4.78, 5) is 14.8. The molecule has 0 aromatic heterocycles. The minimum absolute atomic E-state index is 0. The second-order valence-corrected chi connectivity index (χ2v) is 6.73. The van der Waals surface area contributed by atoms with E-state index in [1.165, 1.54) is 0 Å². The highest BCUT2D eigenvalue weighted by molar-refractivity contribution is 5.85. The number of ether oxygens (including phenoxy) is 1. The van der Waals surface area contributed by atoms with E-state index in [9.17, 15) is 4.79 Å². The summed E-state index contributed by atoms with van der Waals surface area (Å²) < 4.78 is 5.34. The van der Waals surface area contributed by atoms with Crippen molar-refractivity contribution in [3.8, 4) is 0 Å². The monoisotopic (exact) mass is 385 g/mol. The summed E-state index contributed by atoms with van der Waals surface area (Å²) in [5.74, 6) is 0.866. The number of hydrogen-bond donors (Lipinski definition) is 2. The highest BCUT2D eigenvalue weighted by Gasteiger charge is 2.27. The van der Waals surface area contributed by atoms with Crippen molar-refractivity contribution in [2.24, 2.45) is 17.6 Å². The molecule has 0 aliphatic carbocycles. The maximum absolute atomic E-state index is 12.3. The number of nitrogens with one attached hydrogen (secondary N) is 1. The zero-order chi connectivity index (χ0) is 16.5. The number of rotatable bonds is 9. The van der Waals surface area contributed by atoms with Gasteiger partial charge in [0.15, 0.2) is 0 Å². The molecule has 0 saturated carbocycles. The molecule has 0 radical (unpaired) electrons. The van der Waals surface area contributed by atoms with Crippen LogP contribution in [0, 0.1) is 11.8 Å². The van der Waals surface area contributed by atoms with Crippen LogP contribution in [-0.2, 0) is 9.53 Å². The Bertz CT molecular complexity index is 323. The van der Waals surface area contributed by atoms with Gasteiger partial charge in [-0.2, -0.15) is 0 Å². The predicted molar refractivity (Wildman–Crippen MR) is 105 cm³/mol. The SMILES string of the molecule is CCN(CC)C(CNC(=O)C(N)C1CCOCC1)CC(C)C.Cl.Cl. The molecule has 0 aromatic rings. The van der Waals surface area contributed by atoms with E-state index in [1.54, 1.807) is 0 Å². The van der Waals surface area contributed by atoms with Crippen LogP contribution in [0.15, 0.2) is 0 Å². The average Bonchev–Trinajstić information content (AvgIpc) is 2.52. The van der Waals surface area contributed by atoms with Gasteiger partial charge in [-0.3, -0.25) is 9.69 Å². The number of nitrogens with two attached hydrogens (primary N) is 1. The largest absolute Gasteiger partial charge is 0.381 e. The second kappa shape index (κ2) is 14.1. The molecule has 0 spiro atoms. The van der Waals surface area contributed by atoms with Gasteiger partial charge in [-0.05, 0) is 44.2 Å². The lowest BCUT2D eigenvalue weighted by Crippen LogP contribution is -2.51. The fourth-order valence-corrected chi connectivity index (χ4v) is 3.27. The summed E-state index contributed by atoms with van der Waals surface area (Å²) >= 11 is 0. The minimum atomic E-state index is -0.402. The van der Waals surface area contributed by atoms with Crippen molar-refractivity contribution >= 4 is 30.7 Å². The first-order valence-electron chi connectivity index (χ1n) is 8.84. The van der Waals surface area contributed by atoms with Gasteiger partial charge in [0.2, 0.25) is 5.91 Å². The van der Waals surface area contributed by atoms with Crippen molar-refractivity contribution < 1.29 is 9.53 Å². The summed E-state index contributed by atoms with van der Waals surface area (Å²) in [7, 11) is 0. The van der Waals surface area contributed by atoms with Crippen LogP contribution in [0.5, 0.6) is 0 Å². The van der Waals surface area contributed by atoms with Crippen molar-refractivity contribution in [2.75, 3.05) is 32.8 Å². The molecule has 3 N–H and O–H groups in total. The number of nitrogens with zero attached hydrogens (tertiary/aromatic N) is 1. The molecular formula is C17H37Cl2N3O2. The molecule has 1 fully saturated rings. The zero-order valence-electron chi connectivity index (χ0n) is 15.6. The van der Waals surface area contributed by atoms with Gasteiger partial charge in [-0.25, -0.2) is 0 Å². The first-order valence-corrected chi connectivity index (χ1v) is 8.84. The highest BCUT2D eigenvalue weighted by atomic mass is 35.5. The molecule has 1 saturated heterocycles. The van der Waals surface area contributed by atoms with E-state index in [4.69, 9.17) is 10.5 Å². The van der Waals surface area contributed by atoms with E-state index in [0.29, 0.717) is 18.5 Å². The number of carbonyl (C=O) groups is 1. The number of carbonyl (C=O) groups excluding carboxylic acids is 1. The van der Waals surface area contributed by atoms with E-state index < -0.39 is 6.04 Å². The van der Waals surface area contributed by atoms with Crippen LogP contribution in [0.2, 0.25) is 0 Å². The van der Waals surface area contributed by atoms with Crippen LogP contribution < -0.4 is 11.1 Å². The Labute approximate surface area is 160 Å². The van der Waals surface area contributed by atoms with Crippen LogP contribution in [0.3, 0.4) is 0 Å². The molecule has 146 valence electrons. The van der Waals surface area contributed by atoms with Crippen LogP contribution in [-0.4, -0.2) is 55.7 Å². The van der Waals surface area contributed by atoms with Crippen molar-refractivity contribution in [1.29, 1.82) is 0 Å². The third kappa shape index (κ3) is 8.86. The summed E-state index contributed by atoms with van der Waals surface area (Å²) in [5, 5.41) is 3.09. The molecule has 24 heavy (non-hydrogen) atoms. The lowest BCUT2D eigenvalue weighted by atomic mass is 9.91. The highest BCUT2D eigenvalue weighted by Crippen LogP contribution is 2.18. The number of hydrogen-bond acceptors (Lipinski definition) is 4. The summed E-state index contributed by atoms with van der Waals surface area (Å²) in [6, 6.07) is -0.0128. The quantitative estimate of drug-likeness (QED) is 0.639. The molecule has 7 heteroatoms. The van der Waals surface area contributed by atoms with E-state index in [2.05, 4.69) is 37.9 Å². The Hall–Kier alpha value is -0.0700. The van der Waals surface area contributed by atoms with Crippen LogP contribution in [0.25, 0.3) is 0 Å². The van der Waals surface area contributed by atoms with Gasteiger partial charge in [0.25, 0.3) is 0 Å². The smallest absolute Gasteiger partial charge is 0.237 e. The maximum atomic E-state index is 12.3. The second-order valence-electron chi connectivity index (χ2n) is 6.73. The van der Waals surface area contributed by atoms with E-state index in [0.717, 1.165) is 45.6 Å². The summed E-state index contributed by atoms with van der Waals surface area (Å²) in [6.07, 6.45) is 2.87. The fraction of sp³-hybridized carbons (Fsp3) is 0.941. The summed E-state index contributed by atoms with van der Waals surface area (Å²) in [6.45, 7) is 13.0. The van der Waals surface area contributed by atoms with Gasteiger partial charge in [-0.15, -0.1) is 24.8 Å². The number of amides is 1. The third-order valence-electron chi connectivity index (χ3n) is 4.66. The van der Waals surface area contributed by atoms with Crippen molar-refractivity contribution in [3.05, 3.63) is 0 Å². The van der Waals surface area contributed by atoms with Crippen molar-refractivity contribution in [3.63, 3.8) is 0 Å². The Morgan fingerprint density at radius 3 is 2.21 bits per heavy atom. The molecular weight excluding hydrogens is 349 g/mol. The van der Waals surface area contributed by atoms with E-state index in [1.807, 2.05) is 0 Å². The third-order valence-corrected chi connectivity index (χ3v) is 4.66. The molecule has 1 rings (SSSR count). The van der Waals surface area contributed by atoms with E-state index >= 15 is 0 Å². The number of halogens is 2. The van der Waals surface area contributed by atoms with Gasteiger partial charge < -0.3 is 15.8 Å². The average molecular weight is 386 g/mol. The van der Waals surface area contributed by atoms with Gasteiger partial charge in [0.1, 0.15) is 0 Å². The Morgan fingerprint density at radius 1 is 1.21 bits per heavy atom. The molecule has 2 unspecified atom stereocenters. The molecule has 1 aliphatic heterocycles. The first-order chi connectivity index (χ1) is 10.5. The molecule has 0 aromatic carbocycles. The van der Waals surface area contributed by atoms with Gasteiger partial charge >= 0.3 is 0 Å². The van der Waals surface area contributed by atoms with Crippen molar-refractivity contribution in [2.45, 2.75) is 59.0 Å². The Balaban J connectivity index is 0. The zero-order valence-corrected chi connectivity index (χ0v) is 17.3. The molecule has 1 heterocycles. The van der Waals surface area contributed by atoms with Crippen LogP contribution in [0.1, 0.15) is 47.0 Å². The maximum Gasteiger partial charge on any atom is 0.237 e. The first kappa shape index (κ1) is 26.2. The fourth-order valence-electron chi connectivity index (χ4n) is 3.27. The molecule has 0 bridgehead atoms. The van der Waals surface area contributed by atoms with Crippen molar-refractivity contribution in [1.82, 2.24) is 10.2 Å². The van der Waals surface area contributed by atoms with Gasteiger partial charge in [0.05, 0.1) is 6.04 Å². The Kier molecular flexibility index (Phi) is 15.4. The summed E-state index contributed by atoms with van der Waals surface area (Å²) in [5.41, 5.74) is 6.14. The standard InChI is InChI=1S/C17H35N3O2.2ClH/c1-5-20(6-2)15(11-13(3)4)12-19-17(21)16(18)14-7-9-22-10-8-14;;/h13-16H,5-12,18H2,1-4H3,(H,19,21);2*1H. The normalized spacial score (nSPS) is 17.8. The molecule has 5 nitrogen and oxygen atoms in total. The van der Waals surface area contributed by atoms with Crippen LogP contribution >= 0.6 is 24.8 Å². The van der Waals surface area contributed by atoms with Crippen LogP contribution in [0.4, 0.5) is 0 Å². The van der Waals surface area contributed by atoms with Gasteiger partial charge in [0, 0.05) is 25.8 Å². The minimum Gasteiger partial charge on any atom is -0.381 e. The Morgan fingerprint density at radius 2 is 1.75 bits per heavy atom. The predicted octanol–water partition coefficient (Wildman–Crippen LogP) is 2.46. The lowest BCUT2D eigenvalue weighted by Gasteiger charge is -2.32. The topological polar surface area (TPSA) is 67.6 Å². The molecule has 1 aliphatic rings.